The second-order valence-electron chi connectivity index (χ2n) is 6.61. The summed E-state index contributed by atoms with van der Waals surface area (Å²) in [6.07, 6.45) is 1.69. The molecule has 2 heterocycles. The van der Waals surface area contributed by atoms with Crippen molar-refractivity contribution in [2.24, 2.45) is 0 Å². The highest BCUT2D eigenvalue weighted by molar-refractivity contribution is 7.22. The van der Waals surface area contributed by atoms with E-state index in [4.69, 9.17) is 0 Å². The number of carbonyl (C=O) groups excluding carboxylic acids is 1. The number of anilines is 1. The molecule has 0 aliphatic heterocycles. The summed E-state index contributed by atoms with van der Waals surface area (Å²) in [5.74, 6) is -0.570. The number of carbonyl (C=O) groups is 1. The van der Waals surface area contributed by atoms with Crippen molar-refractivity contribution in [1.82, 2.24) is 9.97 Å². The Labute approximate surface area is 166 Å². The van der Waals surface area contributed by atoms with Crippen molar-refractivity contribution in [2.75, 3.05) is 4.90 Å². The minimum atomic E-state index is -0.392. The van der Waals surface area contributed by atoms with Crippen molar-refractivity contribution < 1.29 is 9.18 Å². The molecule has 4 aromatic rings. The standard InChI is InChI=1S/C22H18FN3OS/c1-14-9-10-17(15(2)12-14)21(27)26(13-16-6-3-4-11-24-16)22-25-20-18(23)7-5-8-19(20)28-22/h3-12H,13H2,1-2H3. The number of halogens is 1. The quantitative estimate of drug-likeness (QED) is 0.475. The Morgan fingerprint density at radius 2 is 1.96 bits per heavy atom. The Morgan fingerprint density at radius 3 is 2.68 bits per heavy atom. The molecule has 0 radical (unpaired) electrons. The van der Waals surface area contributed by atoms with Gasteiger partial charge < -0.3 is 0 Å². The molecular weight excluding hydrogens is 373 g/mol. The van der Waals surface area contributed by atoms with Crippen LogP contribution in [0.4, 0.5) is 9.52 Å². The van der Waals surface area contributed by atoms with Crippen LogP contribution in [0.15, 0.2) is 60.8 Å². The molecule has 0 aliphatic carbocycles. The monoisotopic (exact) mass is 391 g/mol. The lowest BCUT2D eigenvalue weighted by Crippen LogP contribution is -2.31. The average Bonchev–Trinajstić information content (AvgIpc) is 3.12. The van der Waals surface area contributed by atoms with Crippen LogP contribution in [0.5, 0.6) is 0 Å². The van der Waals surface area contributed by atoms with E-state index < -0.39 is 5.82 Å². The number of fused-ring (bicyclic) bond motifs is 1. The number of hydrogen-bond donors (Lipinski definition) is 0. The van der Waals surface area contributed by atoms with Gasteiger partial charge in [-0.25, -0.2) is 9.37 Å². The van der Waals surface area contributed by atoms with Crippen molar-refractivity contribution in [3.63, 3.8) is 0 Å². The zero-order valence-electron chi connectivity index (χ0n) is 15.5. The molecule has 6 heteroatoms. The van der Waals surface area contributed by atoms with Crippen molar-refractivity contribution in [1.29, 1.82) is 0 Å². The SMILES string of the molecule is Cc1ccc(C(=O)N(Cc2ccccn2)c2nc3c(F)cccc3s2)c(C)c1. The van der Waals surface area contributed by atoms with Crippen LogP contribution in [-0.4, -0.2) is 15.9 Å². The van der Waals surface area contributed by atoms with E-state index in [1.165, 1.54) is 17.4 Å². The zero-order chi connectivity index (χ0) is 19.7. The maximum Gasteiger partial charge on any atom is 0.260 e. The van der Waals surface area contributed by atoms with Crippen molar-refractivity contribution in [3.05, 3.63) is 89.0 Å². The van der Waals surface area contributed by atoms with E-state index >= 15 is 0 Å². The molecule has 2 aromatic carbocycles. The number of thiazole rings is 1. The third-order valence-corrected chi connectivity index (χ3v) is 5.54. The molecule has 4 rings (SSSR count). The molecule has 0 spiro atoms. The minimum absolute atomic E-state index is 0.178. The number of nitrogens with zero attached hydrogens (tertiary/aromatic N) is 3. The first-order valence-corrected chi connectivity index (χ1v) is 9.68. The smallest absolute Gasteiger partial charge is 0.260 e. The lowest BCUT2D eigenvalue weighted by molar-refractivity contribution is 0.0984. The maximum absolute atomic E-state index is 14.2. The number of para-hydroxylation sites is 1. The molecule has 0 aliphatic rings. The number of amides is 1. The summed E-state index contributed by atoms with van der Waals surface area (Å²) in [7, 11) is 0. The van der Waals surface area contributed by atoms with E-state index in [0.717, 1.165) is 16.8 Å². The molecule has 2 aromatic heterocycles. The number of aromatic nitrogens is 2. The van der Waals surface area contributed by atoms with Crippen molar-refractivity contribution in [2.45, 2.75) is 20.4 Å². The highest BCUT2D eigenvalue weighted by Crippen LogP contribution is 2.32. The molecule has 0 atom stereocenters. The van der Waals surface area contributed by atoms with Gasteiger partial charge in [-0.1, -0.05) is 41.2 Å². The summed E-state index contributed by atoms with van der Waals surface area (Å²) in [6, 6.07) is 16.1. The van der Waals surface area contributed by atoms with Gasteiger partial charge in [0.05, 0.1) is 16.9 Å². The lowest BCUT2D eigenvalue weighted by Gasteiger charge is -2.20. The Hall–Kier alpha value is -3.12. The number of benzene rings is 2. The van der Waals surface area contributed by atoms with Crippen LogP contribution in [0.25, 0.3) is 10.2 Å². The largest absolute Gasteiger partial charge is 0.278 e. The van der Waals surface area contributed by atoms with Crippen LogP contribution in [0.1, 0.15) is 27.2 Å². The Morgan fingerprint density at radius 1 is 1.11 bits per heavy atom. The molecule has 0 saturated heterocycles. The van der Waals surface area contributed by atoms with Gasteiger partial charge in [0.2, 0.25) is 0 Å². The first-order chi connectivity index (χ1) is 13.5. The molecule has 0 unspecified atom stereocenters. The fourth-order valence-corrected chi connectivity index (χ4v) is 4.08. The summed E-state index contributed by atoms with van der Waals surface area (Å²) in [6.45, 7) is 4.16. The molecular formula is C22H18FN3OS. The highest BCUT2D eigenvalue weighted by Gasteiger charge is 2.24. The normalized spacial score (nSPS) is 11.0. The van der Waals surface area contributed by atoms with Gasteiger partial charge in [-0.05, 0) is 49.7 Å². The van der Waals surface area contributed by atoms with Crippen LogP contribution in [-0.2, 0) is 6.54 Å². The van der Waals surface area contributed by atoms with Gasteiger partial charge in [0.1, 0.15) is 11.3 Å². The molecule has 4 nitrogen and oxygen atoms in total. The fourth-order valence-electron chi connectivity index (χ4n) is 3.10. The number of aryl methyl sites for hydroxylation is 2. The Bertz CT molecular complexity index is 1160. The number of hydrogen-bond acceptors (Lipinski definition) is 4. The predicted octanol–water partition coefficient (Wildman–Crippen LogP) is 5.29. The van der Waals surface area contributed by atoms with Crippen LogP contribution in [0.3, 0.4) is 0 Å². The number of rotatable bonds is 4. The van der Waals surface area contributed by atoms with Gasteiger partial charge in [-0.2, -0.15) is 0 Å². The first kappa shape index (κ1) is 18.3. The molecule has 1 amide bonds. The van der Waals surface area contributed by atoms with E-state index in [1.54, 1.807) is 23.2 Å². The Balaban J connectivity index is 1.80. The summed E-state index contributed by atoms with van der Waals surface area (Å²) < 4.78 is 14.9. The Kier molecular flexibility index (Phi) is 4.88. The van der Waals surface area contributed by atoms with Gasteiger partial charge in [0.15, 0.2) is 5.13 Å². The maximum atomic E-state index is 14.2. The van der Waals surface area contributed by atoms with E-state index in [9.17, 15) is 9.18 Å². The minimum Gasteiger partial charge on any atom is -0.278 e. The predicted molar refractivity (Wildman–Crippen MR) is 110 cm³/mol. The summed E-state index contributed by atoms with van der Waals surface area (Å²) in [5.41, 5.74) is 3.60. The van der Waals surface area contributed by atoms with Crippen molar-refractivity contribution in [3.8, 4) is 0 Å². The first-order valence-electron chi connectivity index (χ1n) is 8.87. The number of pyridine rings is 1. The van der Waals surface area contributed by atoms with Gasteiger partial charge in [0.25, 0.3) is 5.91 Å². The van der Waals surface area contributed by atoms with Gasteiger partial charge in [-0.3, -0.25) is 14.7 Å². The highest BCUT2D eigenvalue weighted by atomic mass is 32.1. The fraction of sp³-hybridized carbons (Fsp3) is 0.136. The van der Waals surface area contributed by atoms with E-state index in [-0.39, 0.29) is 18.0 Å². The third kappa shape index (κ3) is 3.51. The van der Waals surface area contributed by atoms with Gasteiger partial charge >= 0.3 is 0 Å². The van der Waals surface area contributed by atoms with Crippen LogP contribution in [0.2, 0.25) is 0 Å². The second kappa shape index (κ2) is 7.48. The van der Waals surface area contributed by atoms with Crippen LogP contribution >= 0.6 is 11.3 Å². The molecule has 0 N–H and O–H groups in total. The van der Waals surface area contributed by atoms with E-state index in [0.29, 0.717) is 15.4 Å². The summed E-state index contributed by atoms with van der Waals surface area (Å²) >= 11 is 1.30. The van der Waals surface area contributed by atoms with Crippen LogP contribution < -0.4 is 4.90 Å². The van der Waals surface area contributed by atoms with Gasteiger partial charge in [0, 0.05) is 11.8 Å². The molecule has 140 valence electrons. The molecule has 28 heavy (non-hydrogen) atoms. The average molecular weight is 391 g/mol. The lowest BCUT2D eigenvalue weighted by atomic mass is 10.0. The second-order valence-corrected chi connectivity index (χ2v) is 7.62. The topological polar surface area (TPSA) is 46.1 Å². The zero-order valence-corrected chi connectivity index (χ0v) is 16.3. The summed E-state index contributed by atoms with van der Waals surface area (Å²) in [4.78, 5) is 23.7. The summed E-state index contributed by atoms with van der Waals surface area (Å²) in [5, 5.41) is 0.454. The van der Waals surface area contributed by atoms with E-state index in [1.807, 2.05) is 50.2 Å². The van der Waals surface area contributed by atoms with Crippen molar-refractivity contribution >= 4 is 32.6 Å². The molecule has 0 fully saturated rings. The van der Waals surface area contributed by atoms with Crippen LogP contribution in [0, 0.1) is 19.7 Å². The molecule has 0 bridgehead atoms. The molecule has 0 saturated carbocycles. The van der Waals surface area contributed by atoms with E-state index in [2.05, 4.69) is 9.97 Å². The van der Waals surface area contributed by atoms with Gasteiger partial charge in [-0.15, -0.1) is 0 Å². The third-order valence-electron chi connectivity index (χ3n) is 4.49.